The van der Waals surface area contributed by atoms with Crippen molar-refractivity contribution in [3.8, 4) is 0 Å². The number of hydrogen-bond donors (Lipinski definition) is 1. The summed E-state index contributed by atoms with van der Waals surface area (Å²) in [5.74, 6) is 0.972. The molecule has 0 radical (unpaired) electrons. The highest BCUT2D eigenvalue weighted by Crippen LogP contribution is 2.21. The molecule has 1 aromatic carbocycles. The number of hydrogen-bond acceptors (Lipinski definition) is 3. The fourth-order valence-electron chi connectivity index (χ4n) is 3.31. The minimum Gasteiger partial charge on any atom is -0.370 e. The van der Waals surface area contributed by atoms with Gasteiger partial charge in [0, 0.05) is 38.4 Å². The second-order valence-corrected chi connectivity index (χ2v) is 6.91. The fourth-order valence-corrected chi connectivity index (χ4v) is 3.31. The molecule has 6 nitrogen and oxygen atoms in total. The van der Waals surface area contributed by atoms with E-state index in [0.717, 1.165) is 50.5 Å². The average molecular weight is 370 g/mol. The smallest absolute Gasteiger partial charge is 0.194 e. The number of aliphatic imine (C=N–C) groups is 1. The summed E-state index contributed by atoms with van der Waals surface area (Å²) in [6.07, 6.45) is 5.99. The third kappa shape index (κ3) is 5.32. The number of benzene rings is 1. The van der Waals surface area contributed by atoms with E-state index >= 15 is 0 Å². The van der Waals surface area contributed by atoms with Crippen molar-refractivity contribution in [2.45, 2.75) is 32.8 Å². The number of nitrogens with zero attached hydrogens (tertiary/aromatic N) is 4. The highest BCUT2D eigenvalue weighted by atomic mass is 16.5. The van der Waals surface area contributed by atoms with Crippen molar-refractivity contribution in [1.29, 1.82) is 0 Å². The summed E-state index contributed by atoms with van der Waals surface area (Å²) in [6.45, 7) is 8.28. The monoisotopic (exact) mass is 369 g/mol. The van der Waals surface area contributed by atoms with E-state index in [1.807, 2.05) is 24.1 Å². The van der Waals surface area contributed by atoms with E-state index in [-0.39, 0.29) is 6.10 Å². The molecule has 1 unspecified atom stereocenters. The second-order valence-electron chi connectivity index (χ2n) is 6.91. The molecule has 1 aromatic heterocycles. The molecule has 1 aliphatic rings. The minimum atomic E-state index is 0.0397. The lowest BCUT2D eigenvalue weighted by Crippen LogP contribution is -2.48. The summed E-state index contributed by atoms with van der Waals surface area (Å²) in [5, 5.41) is 7.70. The van der Waals surface area contributed by atoms with Gasteiger partial charge in [0.15, 0.2) is 5.96 Å². The van der Waals surface area contributed by atoms with E-state index in [4.69, 9.17) is 9.73 Å². The molecule has 27 heavy (non-hydrogen) atoms. The van der Waals surface area contributed by atoms with Crippen molar-refractivity contribution in [2.24, 2.45) is 12.0 Å². The normalized spacial score (nSPS) is 18.0. The van der Waals surface area contributed by atoms with Gasteiger partial charge in [0.25, 0.3) is 0 Å². The maximum absolute atomic E-state index is 5.95. The standard InChI is InChI=1S/C21H31N5O/c1-4-17-6-8-18(9-7-17)10-11-23-21(22-5-2)26-12-13-27-20(16-26)19-14-24-25(3)15-19/h6-9,14-15,20H,4-5,10-13,16H2,1-3H3,(H,22,23). The summed E-state index contributed by atoms with van der Waals surface area (Å²) >= 11 is 0. The molecular weight excluding hydrogens is 338 g/mol. The van der Waals surface area contributed by atoms with Gasteiger partial charge in [-0.25, -0.2) is 0 Å². The van der Waals surface area contributed by atoms with E-state index in [2.05, 4.69) is 53.4 Å². The van der Waals surface area contributed by atoms with Crippen LogP contribution < -0.4 is 5.32 Å². The number of aromatic nitrogens is 2. The van der Waals surface area contributed by atoms with Crippen LogP contribution in [0.1, 0.15) is 36.6 Å². The summed E-state index contributed by atoms with van der Waals surface area (Å²) in [5.41, 5.74) is 3.83. The lowest BCUT2D eigenvalue weighted by atomic mass is 10.1. The largest absolute Gasteiger partial charge is 0.370 e. The summed E-state index contributed by atoms with van der Waals surface area (Å²) in [7, 11) is 1.93. The van der Waals surface area contributed by atoms with Crippen molar-refractivity contribution >= 4 is 5.96 Å². The molecule has 2 heterocycles. The third-order valence-corrected chi connectivity index (χ3v) is 4.89. The van der Waals surface area contributed by atoms with E-state index < -0.39 is 0 Å². The van der Waals surface area contributed by atoms with E-state index in [1.54, 1.807) is 0 Å². The van der Waals surface area contributed by atoms with Crippen LogP contribution in [0.3, 0.4) is 0 Å². The molecule has 3 rings (SSSR count). The fraction of sp³-hybridized carbons (Fsp3) is 0.524. The number of rotatable bonds is 6. The Labute approximate surface area is 162 Å². The van der Waals surface area contributed by atoms with E-state index in [9.17, 15) is 0 Å². The molecule has 0 bridgehead atoms. The van der Waals surface area contributed by atoms with Crippen LogP contribution in [-0.2, 0) is 24.6 Å². The Bertz CT molecular complexity index is 737. The Morgan fingerprint density at radius 2 is 2.04 bits per heavy atom. The van der Waals surface area contributed by atoms with E-state index in [0.29, 0.717) is 6.61 Å². The molecule has 0 saturated carbocycles. The Morgan fingerprint density at radius 3 is 2.70 bits per heavy atom. The van der Waals surface area contributed by atoms with Gasteiger partial charge in [-0.1, -0.05) is 31.2 Å². The molecule has 0 amide bonds. The number of guanidine groups is 1. The molecule has 2 aromatic rings. The first-order valence-electron chi connectivity index (χ1n) is 9.90. The van der Waals surface area contributed by atoms with Gasteiger partial charge >= 0.3 is 0 Å². The second kappa shape index (κ2) is 9.55. The quantitative estimate of drug-likeness (QED) is 0.628. The van der Waals surface area contributed by atoms with Crippen molar-refractivity contribution in [3.63, 3.8) is 0 Å². The van der Waals surface area contributed by atoms with Crippen LogP contribution in [-0.4, -0.2) is 53.4 Å². The van der Waals surface area contributed by atoms with Crippen molar-refractivity contribution in [1.82, 2.24) is 20.0 Å². The molecule has 1 aliphatic heterocycles. The SMILES string of the molecule is CCNC(=NCCc1ccc(CC)cc1)N1CCOC(c2cnn(C)c2)C1. The third-order valence-electron chi connectivity index (χ3n) is 4.89. The Balaban J connectivity index is 1.61. The number of morpholine rings is 1. The maximum atomic E-state index is 5.95. The van der Waals surface area contributed by atoms with Crippen LogP contribution in [0.2, 0.25) is 0 Å². The van der Waals surface area contributed by atoms with Crippen LogP contribution in [0, 0.1) is 0 Å². The van der Waals surface area contributed by atoms with Crippen molar-refractivity contribution < 1.29 is 4.74 Å². The molecule has 0 aliphatic carbocycles. The lowest BCUT2D eigenvalue weighted by Gasteiger charge is -2.34. The topological polar surface area (TPSA) is 54.7 Å². The molecule has 6 heteroatoms. The summed E-state index contributed by atoms with van der Waals surface area (Å²) in [6, 6.07) is 8.86. The molecule has 146 valence electrons. The maximum Gasteiger partial charge on any atom is 0.194 e. The van der Waals surface area contributed by atoms with Crippen molar-refractivity contribution in [2.75, 3.05) is 32.8 Å². The Morgan fingerprint density at radius 1 is 1.26 bits per heavy atom. The lowest BCUT2D eigenvalue weighted by molar-refractivity contribution is -0.00803. The molecule has 1 N–H and O–H groups in total. The predicted octanol–water partition coefficient (Wildman–Crippen LogP) is 2.56. The zero-order valence-corrected chi connectivity index (χ0v) is 16.7. The molecular formula is C21H31N5O. The van der Waals surface area contributed by atoms with Gasteiger partial charge in [-0.05, 0) is 30.9 Å². The number of ether oxygens (including phenoxy) is 1. The number of aryl methyl sites for hydroxylation is 2. The van der Waals surface area contributed by atoms with Crippen LogP contribution in [0.4, 0.5) is 0 Å². The van der Waals surface area contributed by atoms with Crippen LogP contribution in [0.15, 0.2) is 41.7 Å². The van der Waals surface area contributed by atoms with Gasteiger partial charge in [-0.15, -0.1) is 0 Å². The average Bonchev–Trinajstić information content (AvgIpc) is 3.14. The number of nitrogens with one attached hydrogen (secondary N) is 1. The van der Waals surface area contributed by atoms with Crippen LogP contribution in [0.25, 0.3) is 0 Å². The van der Waals surface area contributed by atoms with Crippen LogP contribution in [0.5, 0.6) is 0 Å². The van der Waals surface area contributed by atoms with Gasteiger partial charge in [-0.2, -0.15) is 5.10 Å². The van der Waals surface area contributed by atoms with Gasteiger partial charge in [0.1, 0.15) is 6.10 Å². The zero-order chi connectivity index (χ0) is 19.1. The first kappa shape index (κ1) is 19.4. The molecule has 0 spiro atoms. The molecule has 1 saturated heterocycles. The first-order chi connectivity index (χ1) is 13.2. The van der Waals surface area contributed by atoms with Crippen molar-refractivity contribution in [3.05, 3.63) is 53.3 Å². The van der Waals surface area contributed by atoms with E-state index in [1.165, 1.54) is 11.1 Å². The van der Waals surface area contributed by atoms with Gasteiger partial charge in [0.2, 0.25) is 0 Å². The summed E-state index contributed by atoms with van der Waals surface area (Å²) in [4.78, 5) is 7.16. The van der Waals surface area contributed by atoms with Gasteiger partial charge in [-0.3, -0.25) is 9.67 Å². The highest BCUT2D eigenvalue weighted by Gasteiger charge is 2.25. The summed E-state index contributed by atoms with van der Waals surface area (Å²) < 4.78 is 7.77. The predicted molar refractivity (Wildman–Crippen MR) is 109 cm³/mol. The molecule has 1 fully saturated rings. The van der Waals surface area contributed by atoms with Crippen LogP contribution >= 0.6 is 0 Å². The Kier molecular flexibility index (Phi) is 6.87. The van der Waals surface area contributed by atoms with Gasteiger partial charge < -0.3 is 15.0 Å². The zero-order valence-electron chi connectivity index (χ0n) is 16.7. The minimum absolute atomic E-state index is 0.0397. The first-order valence-corrected chi connectivity index (χ1v) is 9.90. The molecule has 1 atom stereocenters. The highest BCUT2D eigenvalue weighted by molar-refractivity contribution is 5.80. The van der Waals surface area contributed by atoms with Gasteiger partial charge in [0.05, 0.1) is 19.3 Å². The Hall–Kier alpha value is -2.34.